The van der Waals surface area contributed by atoms with E-state index in [1.165, 1.54) is 109 Å². The molecule has 0 heterocycles. The highest BCUT2D eigenvalue weighted by Gasteiger charge is 2.17. The lowest BCUT2D eigenvalue weighted by molar-refractivity contribution is 1.61. The Labute approximate surface area is 326 Å². The van der Waals surface area contributed by atoms with Crippen LogP contribution in [0.1, 0.15) is 0 Å². The summed E-state index contributed by atoms with van der Waals surface area (Å²) in [4.78, 5) is 0. The molecule has 0 fully saturated rings. The Morgan fingerprint density at radius 2 is 0.536 bits per heavy atom. The summed E-state index contributed by atoms with van der Waals surface area (Å²) < 4.78 is 0. The molecule has 0 saturated carbocycles. The van der Waals surface area contributed by atoms with Crippen LogP contribution in [0.15, 0.2) is 218 Å². The molecule has 0 aromatic heterocycles. The summed E-state index contributed by atoms with van der Waals surface area (Å²) in [5, 5.41) is 12.6. The molecule has 0 atom stereocenters. The van der Waals surface area contributed by atoms with Crippen molar-refractivity contribution >= 4 is 53.9 Å². The zero-order valence-electron chi connectivity index (χ0n) is 30.8. The van der Waals surface area contributed by atoms with Crippen molar-refractivity contribution in [1.82, 2.24) is 0 Å². The normalized spacial score (nSPS) is 11.6. The second-order valence-electron chi connectivity index (χ2n) is 14.9. The van der Waals surface area contributed by atoms with Gasteiger partial charge in [0.25, 0.3) is 0 Å². The fourth-order valence-electron chi connectivity index (χ4n) is 8.90. The molecule has 11 aromatic carbocycles. The van der Waals surface area contributed by atoms with E-state index >= 15 is 0 Å². The second kappa shape index (κ2) is 13.2. The number of benzene rings is 11. The van der Waals surface area contributed by atoms with Gasteiger partial charge in [0.15, 0.2) is 0 Å². The summed E-state index contributed by atoms with van der Waals surface area (Å²) in [5.41, 5.74) is 12.4. The van der Waals surface area contributed by atoms with Crippen molar-refractivity contribution < 1.29 is 0 Å². The predicted molar refractivity (Wildman–Crippen MR) is 241 cm³/mol. The van der Waals surface area contributed by atoms with Crippen LogP contribution in [0.4, 0.5) is 0 Å². The first-order valence-corrected chi connectivity index (χ1v) is 19.4. The Kier molecular flexibility index (Phi) is 7.60. The third-order valence-corrected chi connectivity index (χ3v) is 11.6. The summed E-state index contributed by atoms with van der Waals surface area (Å²) in [6.07, 6.45) is 0. The Hall–Kier alpha value is -7.28. The highest BCUT2D eigenvalue weighted by atomic mass is 14.2. The zero-order valence-corrected chi connectivity index (χ0v) is 30.8. The van der Waals surface area contributed by atoms with E-state index in [9.17, 15) is 0 Å². The van der Waals surface area contributed by atoms with E-state index in [2.05, 4.69) is 218 Å². The molecule has 0 N–H and O–H groups in total. The van der Waals surface area contributed by atoms with E-state index in [-0.39, 0.29) is 0 Å². The molecule has 0 spiro atoms. The third-order valence-electron chi connectivity index (χ3n) is 11.6. The Bertz CT molecular complexity index is 3250. The topological polar surface area (TPSA) is 0 Å². The van der Waals surface area contributed by atoms with Crippen LogP contribution in [0.3, 0.4) is 0 Å². The molecule has 0 aliphatic carbocycles. The lowest BCUT2D eigenvalue weighted by atomic mass is 9.85. The summed E-state index contributed by atoms with van der Waals surface area (Å²) in [6, 6.07) is 80.3. The molecule has 0 aliphatic heterocycles. The highest BCUT2D eigenvalue weighted by Crippen LogP contribution is 2.45. The van der Waals surface area contributed by atoms with Crippen molar-refractivity contribution in [1.29, 1.82) is 0 Å². The number of hydrogen-bond acceptors (Lipinski definition) is 0. The van der Waals surface area contributed by atoms with Gasteiger partial charge in [-0.25, -0.2) is 0 Å². The predicted octanol–water partition coefficient (Wildman–Crippen LogP) is 15.8. The molecular weight excluding hydrogens is 673 g/mol. The van der Waals surface area contributed by atoms with Crippen molar-refractivity contribution in [2.75, 3.05) is 0 Å². The van der Waals surface area contributed by atoms with Crippen LogP contribution < -0.4 is 0 Å². The minimum Gasteiger partial charge on any atom is -0.0616 e. The SMILES string of the molecule is c1cc(-c2ccc3cc(-c4cccc(-c5c6ccccc6c(-c6ccc7ccccc7c6)c6ccccc56)c4)ccc3c2)cc(-c2cccc3ccccc23)c1. The van der Waals surface area contributed by atoms with Gasteiger partial charge in [-0.15, -0.1) is 0 Å². The maximum Gasteiger partial charge on any atom is -0.00262 e. The summed E-state index contributed by atoms with van der Waals surface area (Å²) in [7, 11) is 0. The highest BCUT2D eigenvalue weighted by molar-refractivity contribution is 6.22. The van der Waals surface area contributed by atoms with Crippen LogP contribution in [-0.4, -0.2) is 0 Å². The van der Waals surface area contributed by atoms with Crippen molar-refractivity contribution in [3.8, 4) is 55.6 Å². The molecule has 11 rings (SSSR count). The standard InChI is InChI=1S/C56H36/c1-2-14-39-35-48(31-26-37(39)12-1)56-53-23-7-5-21-51(53)55(52-22-6-8-24-54(52)56)47-19-10-17-41(36-47)43-28-30-44-32-42(27-29-45(44)33-43)40-16-9-18-46(34-40)50-25-11-15-38-13-3-4-20-49(38)50/h1-36H. The minimum absolute atomic E-state index is 1.21. The maximum atomic E-state index is 2.37. The molecule has 56 heavy (non-hydrogen) atoms. The van der Waals surface area contributed by atoms with Gasteiger partial charge in [0, 0.05) is 0 Å². The van der Waals surface area contributed by atoms with Crippen molar-refractivity contribution in [2.45, 2.75) is 0 Å². The van der Waals surface area contributed by atoms with Gasteiger partial charge in [0.1, 0.15) is 0 Å². The third kappa shape index (κ3) is 5.46. The fraction of sp³-hybridized carbons (Fsp3) is 0. The molecule has 0 heteroatoms. The Morgan fingerprint density at radius 1 is 0.179 bits per heavy atom. The lowest BCUT2D eigenvalue weighted by Gasteiger charge is -2.18. The van der Waals surface area contributed by atoms with Gasteiger partial charge < -0.3 is 0 Å². The van der Waals surface area contributed by atoms with Gasteiger partial charge in [-0.3, -0.25) is 0 Å². The first-order chi connectivity index (χ1) is 27.7. The van der Waals surface area contributed by atoms with Crippen molar-refractivity contribution in [3.05, 3.63) is 218 Å². The molecule has 260 valence electrons. The largest absolute Gasteiger partial charge is 0.0616 e. The molecule has 0 amide bonds. The Balaban J connectivity index is 0.984. The second-order valence-corrected chi connectivity index (χ2v) is 14.9. The van der Waals surface area contributed by atoms with Gasteiger partial charge in [0.2, 0.25) is 0 Å². The van der Waals surface area contributed by atoms with Gasteiger partial charge in [-0.1, -0.05) is 188 Å². The number of fused-ring (bicyclic) bond motifs is 5. The zero-order chi connectivity index (χ0) is 37.0. The lowest BCUT2D eigenvalue weighted by Crippen LogP contribution is -1.91. The monoisotopic (exact) mass is 708 g/mol. The van der Waals surface area contributed by atoms with E-state index < -0.39 is 0 Å². The summed E-state index contributed by atoms with van der Waals surface area (Å²) in [5.74, 6) is 0. The Morgan fingerprint density at radius 3 is 1.16 bits per heavy atom. The van der Waals surface area contributed by atoms with E-state index in [1.54, 1.807) is 0 Å². The molecule has 0 unspecified atom stereocenters. The van der Waals surface area contributed by atoms with E-state index in [0.29, 0.717) is 0 Å². The van der Waals surface area contributed by atoms with E-state index in [4.69, 9.17) is 0 Å². The first-order valence-electron chi connectivity index (χ1n) is 19.4. The van der Waals surface area contributed by atoms with Gasteiger partial charge >= 0.3 is 0 Å². The molecule has 0 aliphatic rings. The molecule has 0 bridgehead atoms. The fourth-order valence-corrected chi connectivity index (χ4v) is 8.90. The maximum absolute atomic E-state index is 2.37. The van der Waals surface area contributed by atoms with Gasteiger partial charge in [-0.2, -0.15) is 0 Å². The molecule has 0 nitrogen and oxygen atoms in total. The summed E-state index contributed by atoms with van der Waals surface area (Å²) >= 11 is 0. The first kappa shape index (κ1) is 32.2. The van der Waals surface area contributed by atoms with Crippen molar-refractivity contribution in [2.24, 2.45) is 0 Å². The number of hydrogen-bond donors (Lipinski definition) is 0. The van der Waals surface area contributed by atoms with Crippen LogP contribution >= 0.6 is 0 Å². The smallest absolute Gasteiger partial charge is 0.00262 e. The van der Waals surface area contributed by atoms with Crippen LogP contribution in [0.5, 0.6) is 0 Å². The average Bonchev–Trinajstić information content (AvgIpc) is 3.27. The van der Waals surface area contributed by atoms with E-state index in [1.807, 2.05) is 0 Å². The minimum atomic E-state index is 1.21. The molecule has 0 radical (unpaired) electrons. The molecular formula is C56H36. The van der Waals surface area contributed by atoms with Gasteiger partial charge in [0.05, 0.1) is 0 Å². The van der Waals surface area contributed by atoms with Crippen LogP contribution in [0, 0.1) is 0 Å². The average molecular weight is 709 g/mol. The summed E-state index contributed by atoms with van der Waals surface area (Å²) in [6.45, 7) is 0. The number of rotatable bonds is 5. The van der Waals surface area contributed by atoms with Crippen LogP contribution in [0.25, 0.3) is 109 Å². The molecule has 11 aromatic rings. The molecule has 0 saturated heterocycles. The van der Waals surface area contributed by atoms with Gasteiger partial charge in [-0.05, 0) is 140 Å². The van der Waals surface area contributed by atoms with E-state index in [0.717, 1.165) is 0 Å². The van der Waals surface area contributed by atoms with Crippen LogP contribution in [0.2, 0.25) is 0 Å². The van der Waals surface area contributed by atoms with Crippen molar-refractivity contribution in [3.63, 3.8) is 0 Å². The quantitative estimate of drug-likeness (QED) is 0.156. The van der Waals surface area contributed by atoms with Crippen LogP contribution in [-0.2, 0) is 0 Å².